The quantitative estimate of drug-likeness (QED) is 0.716. The first kappa shape index (κ1) is 17.4. The molecule has 3 heterocycles. The molecule has 0 radical (unpaired) electrons. The summed E-state index contributed by atoms with van der Waals surface area (Å²) in [4.78, 5) is 18.6. The number of hydrogen-bond donors (Lipinski definition) is 0. The van der Waals surface area contributed by atoms with E-state index in [2.05, 4.69) is 21.1 Å². The molecule has 1 saturated heterocycles. The van der Waals surface area contributed by atoms with Gasteiger partial charge in [-0.05, 0) is 18.6 Å². The second kappa shape index (κ2) is 7.64. The van der Waals surface area contributed by atoms with E-state index < -0.39 is 0 Å². The van der Waals surface area contributed by atoms with Crippen molar-refractivity contribution in [2.45, 2.75) is 57.2 Å². The minimum atomic E-state index is -0.375. The van der Waals surface area contributed by atoms with Gasteiger partial charge in [-0.3, -0.25) is 4.79 Å². The Morgan fingerprint density at radius 2 is 2.16 bits per heavy atom. The highest BCUT2D eigenvalue weighted by Gasteiger charge is 2.39. The van der Waals surface area contributed by atoms with Gasteiger partial charge in [0.25, 0.3) is 0 Å². The van der Waals surface area contributed by atoms with Gasteiger partial charge in [0.2, 0.25) is 11.8 Å². The molecule has 0 spiro atoms. The number of carbonyl (C=O) groups is 1. The number of amides is 1. The van der Waals surface area contributed by atoms with Crippen LogP contribution in [0.25, 0.3) is 0 Å². The average molecular weight is 340 g/mol. The van der Waals surface area contributed by atoms with Crippen LogP contribution in [-0.4, -0.2) is 40.6 Å². The van der Waals surface area contributed by atoms with Crippen molar-refractivity contribution >= 4 is 5.91 Å². The molecule has 0 N–H and O–H groups in total. The van der Waals surface area contributed by atoms with Crippen molar-refractivity contribution in [3.05, 3.63) is 23.9 Å². The Labute approximate surface area is 148 Å². The van der Waals surface area contributed by atoms with Crippen molar-refractivity contribution in [3.63, 3.8) is 0 Å². The molecule has 1 fully saturated rings. The van der Waals surface area contributed by atoms with Crippen LogP contribution in [-0.2, 0) is 4.79 Å². The Kier molecular flexibility index (Phi) is 5.32. The fraction of sp³-hybridized carbons (Fsp3) is 0.579. The summed E-state index contributed by atoms with van der Waals surface area (Å²) >= 11 is 0. The summed E-state index contributed by atoms with van der Waals surface area (Å²) in [5.74, 6) is 3.44. The molecular formula is C19H24N4O2. The lowest BCUT2D eigenvalue weighted by molar-refractivity contribution is -0.133. The van der Waals surface area contributed by atoms with E-state index in [4.69, 9.17) is 11.2 Å². The van der Waals surface area contributed by atoms with E-state index in [1.165, 1.54) is 0 Å². The maximum absolute atomic E-state index is 12.4. The van der Waals surface area contributed by atoms with Crippen molar-refractivity contribution in [1.82, 2.24) is 9.88 Å². The number of carbonyl (C=O) groups excluding carboxylic acids is 1. The van der Waals surface area contributed by atoms with Crippen molar-refractivity contribution < 1.29 is 9.53 Å². The van der Waals surface area contributed by atoms with E-state index in [0.717, 1.165) is 37.9 Å². The molecule has 0 saturated carbocycles. The SMILES string of the molecule is C#CCCC1(CCC(=O)N2CCC(Oc3cc(C)ccn3)CC2)N=N1. The first-order valence-corrected chi connectivity index (χ1v) is 8.85. The van der Waals surface area contributed by atoms with Crippen molar-refractivity contribution in [3.8, 4) is 18.2 Å². The Morgan fingerprint density at radius 3 is 2.80 bits per heavy atom. The largest absolute Gasteiger partial charge is 0.474 e. The molecule has 1 amide bonds. The van der Waals surface area contributed by atoms with E-state index in [9.17, 15) is 4.79 Å². The highest BCUT2D eigenvalue weighted by atomic mass is 16.5. The Hall–Kier alpha value is -2.42. The van der Waals surface area contributed by atoms with Gasteiger partial charge in [-0.2, -0.15) is 10.2 Å². The first-order chi connectivity index (χ1) is 12.1. The second-order valence-electron chi connectivity index (χ2n) is 6.76. The lowest BCUT2D eigenvalue weighted by Crippen LogP contribution is -2.42. The molecular weight excluding hydrogens is 316 g/mol. The highest BCUT2D eigenvalue weighted by molar-refractivity contribution is 5.76. The molecule has 1 aromatic rings. The molecule has 6 nitrogen and oxygen atoms in total. The van der Waals surface area contributed by atoms with Crippen LogP contribution in [0, 0.1) is 19.3 Å². The number of aryl methyl sites for hydroxylation is 1. The zero-order chi connectivity index (χ0) is 17.7. The molecule has 2 aliphatic rings. The standard InChI is InChI=1S/C19H24N4O2/c1-3-4-9-19(21-22-19)10-5-18(24)23-12-7-16(8-13-23)25-17-14-15(2)6-11-20-17/h1,6,11,14,16H,4-5,7-10,12-13H2,2H3. The van der Waals surface area contributed by atoms with Gasteiger partial charge >= 0.3 is 0 Å². The van der Waals surface area contributed by atoms with Crippen LogP contribution < -0.4 is 4.74 Å². The molecule has 0 atom stereocenters. The van der Waals surface area contributed by atoms with Gasteiger partial charge in [0, 0.05) is 63.9 Å². The molecule has 3 rings (SSSR count). The van der Waals surface area contributed by atoms with Crippen LogP contribution in [0.5, 0.6) is 5.88 Å². The smallest absolute Gasteiger partial charge is 0.222 e. The van der Waals surface area contributed by atoms with Crippen LogP contribution in [0.4, 0.5) is 0 Å². The van der Waals surface area contributed by atoms with Crippen LogP contribution in [0.2, 0.25) is 0 Å². The minimum absolute atomic E-state index is 0.119. The number of likely N-dealkylation sites (tertiary alicyclic amines) is 1. The van der Waals surface area contributed by atoms with Gasteiger partial charge in [0.1, 0.15) is 6.10 Å². The summed E-state index contributed by atoms with van der Waals surface area (Å²) in [5, 5.41) is 8.17. The molecule has 0 aromatic carbocycles. The van der Waals surface area contributed by atoms with Gasteiger partial charge in [0.05, 0.1) is 0 Å². The number of rotatable bonds is 7. The summed E-state index contributed by atoms with van der Waals surface area (Å²) in [7, 11) is 0. The Balaban J connectivity index is 1.40. The zero-order valence-corrected chi connectivity index (χ0v) is 14.6. The van der Waals surface area contributed by atoms with Crippen LogP contribution in [0.15, 0.2) is 28.6 Å². The number of nitrogens with zero attached hydrogens (tertiary/aromatic N) is 4. The maximum atomic E-state index is 12.4. The zero-order valence-electron chi connectivity index (χ0n) is 14.6. The number of aromatic nitrogens is 1. The minimum Gasteiger partial charge on any atom is -0.474 e. The average Bonchev–Trinajstić information content (AvgIpc) is 3.39. The maximum Gasteiger partial charge on any atom is 0.222 e. The summed E-state index contributed by atoms with van der Waals surface area (Å²) < 4.78 is 5.93. The van der Waals surface area contributed by atoms with E-state index >= 15 is 0 Å². The van der Waals surface area contributed by atoms with Crippen molar-refractivity contribution in [2.75, 3.05) is 13.1 Å². The molecule has 25 heavy (non-hydrogen) atoms. The van der Waals surface area contributed by atoms with Crippen molar-refractivity contribution in [2.24, 2.45) is 10.2 Å². The van der Waals surface area contributed by atoms with Gasteiger partial charge in [-0.25, -0.2) is 4.98 Å². The predicted molar refractivity (Wildman–Crippen MR) is 94.1 cm³/mol. The number of piperidine rings is 1. The molecule has 0 unspecified atom stereocenters. The molecule has 1 aromatic heterocycles. The normalized spacial score (nSPS) is 18.6. The lowest BCUT2D eigenvalue weighted by Gasteiger charge is -2.32. The molecule has 6 heteroatoms. The third-order valence-corrected chi connectivity index (χ3v) is 4.76. The van der Waals surface area contributed by atoms with E-state index in [1.807, 2.05) is 24.0 Å². The third kappa shape index (κ3) is 4.79. The fourth-order valence-corrected chi connectivity index (χ4v) is 3.10. The molecule has 0 aliphatic carbocycles. The fourth-order valence-electron chi connectivity index (χ4n) is 3.10. The van der Waals surface area contributed by atoms with E-state index in [0.29, 0.717) is 25.1 Å². The number of terminal acetylenes is 1. The van der Waals surface area contributed by atoms with Crippen LogP contribution >= 0.6 is 0 Å². The Bertz CT molecular complexity index is 681. The third-order valence-electron chi connectivity index (χ3n) is 4.76. The highest BCUT2D eigenvalue weighted by Crippen LogP contribution is 2.37. The van der Waals surface area contributed by atoms with Gasteiger partial charge in [-0.1, -0.05) is 0 Å². The number of ether oxygens (including phenoxy) is 1. The van der Waals surface area contributed by atoms with Gasteiger partial charge < -0.3 is 9.64 Å². The van der Waals surface area contributed by atoms with Gasteiger partial charge in [0.15, 0.2) is 5.66 Å². The summed E-state index contributed by atoms with van der Waals surface area (Å²) in [6.07, 6.45) is 11.4. The lowest BCUT2D eigenvalue weighted by atomic mass is 10.0. The number of hydrogen-bond acceptors (Lipinski definition) is 5. The molecule has 2 aliphatic heterocycles. The van der Waals surface area contributed by atoms with Crippen LogP contribution in [0.1, 0.15) is 44.1 Å². The summed E-state index contributed by atoms with van der Waals surface area (Å²) in [5.41, 5.74) is 0.757. The summed E-state index contributed by atoms with van der Waals surface area (Å²) in [6.45, 7) is 3.46. The monoisotopic (exact) mass is 340 g/mol. The molecule has 0 bridgehead atoms. The van der Waals surface area contributed by atoms with Gasteiger partial charge in [-0.15, -0.1) is 12.3 Å². The van der Waals surface area contributed by atoms with E-state index in [1.54, 1.807) is 6.20 Å². The summed E-state index contributed by atoms with van der Waals surface area (Å²) in [6, 6.07) is 3.89. The van der Waals surface area contributed by atoms with E-state index in [-0.39, 0.29) is 17.7 Å². The number of pyridine rings is 1. The molecule has 132 valence electrons. The topological polar surface area (TPSA) is 67.2 Å². The second-order valence-corrected chi connectivity index (χ2v) is 6.76. The Morgan fingerprint density at radius 1 is 1.40 bits per heavy atom. The van der Waals surface area contributed by atoms with Crippen molar-refractivity contribution in [1.29, 1.82) is 0 Å². The first-order valence-electron chi connectivity index (χ1n) is 8.85. The van der Waals surface area contributed by atoms with Crippen LogP contribution in [0.3, 0.4) is 0 Å². The predicted octanol–water partition coefficient (Wildman–Crippen LogP) is 3.12.